The van der Waals surface area contributed by atoms with Gasteiger partial charge < -0.3 is 69.3 Å². The molecule has 18 heteroatoms. The first-order chi connectivity index (χ1) is 32.9. The van der Waals surface area contributed by atoms with Crippen LogP contribution in [0, 0.1) is 0 Å². The number of aliphatic hydroxyl groups is 8. The predicted molar refractivity (Wildman–Crippen MR) is 328 cm³/mol. The summed E-state index contributed by atoms with van der Waals surface area (Å²) >= 11 is 0. The van der Waals surface area contributed by atoms with Crippen molar-refractivity contribution in [2.75, 3.05) is 79.3 Å². The minimum atomic E-state index is -1.37. The zero-order valence-corrected chi connectivity index (χ0v) is 41.4. The zero-order valence-electron chi connectivity index (χ0n) is 41.4. The fraction of sp³-hybridized carbons (Fsp3) is 0.548. The highest BCUT2D eigenvalue weighted by Crippen LogP contribution is 2.22. The van der Waals surface area contributed by atoms with Crippen molar-refractivity contribution in [1.29, 1.82) is 0 Å². The molecule has 0 atom stereocenters. The van der Waals surface area contributed by atoms with Gasteiger partial charge in [0.25, 0.3) is 0 Å². The first-order valence-corrected chi connectivity index (χ1v) is 22.4. The van der Waals surface area contributed by atoms with E-state index in [1.165, 1.54) is 27.7 Å². The van der Waals surface area contributed by atoms with Crippen LogP contribution >= 0.6 is 0 Å². The summed E-state index contributed by atoms with van der Waals surface area (Å²) in [5, 5.41) is 70.9. The second-order valence-electron chi connectivity index (χ2n) is 17.0. The lowest BCUT2D eigenvalue weighted by molar-refractivity contribution is -0.0174. The van der Waals surface area contributed by atoms with Gasteiger partial charge in [-0.05, 0) is 152 Å². The minimum absolute atomic E-state index is 0. The van der Waals surface area contributed by atoms with Gasteiger partial charge in [0.2, 0.25) is 0 Å². The average Bonchev–Trinajstić information content (AvgIpc) is 3.34. The Hall–Kier alpha value is -5.64. The van der Waals surface area contributed by atoms with E-state index in [0.717, 1.165) is 0 Å². The summed E-state index contributed by atoms with van der Waals surface area (Å²) in [6, 6.07) is 26.2. The summed E-state index contributed by atoms with van der Waals surface area (Å²) in [5.41, 5.74) is -2.79. The van der Waals surface area contributed by atoms with Gasteiger partial charge in [-0.25, -0.2) is 0 Å². The molecule has 4 aromatic carbocycles. The van der Waals surface area contributed by atoms with Crippen LogP contribution in [0.5, 0.6) is 23.0 Å². The van der Waals surface area contributed by atoms with Gasteiger partial charge in [0.15, 0.2) is 23.1 Å². The molecule has 0 bridgehead atoms. The summed E-state index contributed by atoms with van der Waals surface area (Å²) in [4.78, 5) is 47.7. The Kier molecular flexibility index (Phi) is 59.4. The van der Waals surface area contributed by atoms with Crippen molar-refractivity contribution < 1.29 is 88.5 Å². The second-order valence-corrected chi connectivity index (χ2v) is 17.0. The van der Waals surface area contributed by atoms with Gasteiger partial charge in [-0.1, -0.05) is 74.3 Å². The standard InChI is InChI=1S/2C14H20O5.2C12H16O4.10CH4/c2*1-14(2,19-10-8-16)13(17)11-3-5-12(6-4-11)18-9-7-15;2*1-12(2,15)11(14)9-3-5-10(6-4-9)16-8-7-13;;;;;;;;;;/h2*3-6,15-16H,7-10H2,1-2H3;2*3-6,13,15H,7-8H2,1-2H3;10*1H4. The summed E-state index contributed by atoms with van der Waals surface area (Å²) in [6.07, 6.45) is 0. The maximum Gasteiger partial charge on any atom is 0.194 e. The van der Waals surface area contributed by atoms with Crippen molar-refractivity contribution >= 4 is 23.1 Å². The third-order valence-corrected chi connectivity index (χ3v) is 9.22. The summed E-state index contributed by atoms with van der Waals surface area (Å²) < 4.78 is 31.4. The van der Waals surface area contributed by atoms with E-state index in [2.05, 4.69) is 0 Å². The SMILES string of the molecule is C.C.C.C.C.C.C.C.C.C.CC(C)(O)C(=O)c1ccc(OCCO)cc1.CC(C)(O)C(=O)c1ccc(OCCO)cc1.CC(C)(OCCO)C(=O)c1ccc(OCCO)cc1.CC(C)(OCCO)C(=O)c1ccc(OCCO)cc1. The van der Waals surface area contributed by atoms with Gasteiger partial charge in [0, 0.05) is 22.3 Å². The molecule has 468 valence electrons. The van der Waals surface area contributed by atoms with E-state index < -0.39 is 22.4 Å². The summed E-state index contributed by atoms with van der Waals surface area (Å²) in [6.45, 7) is 13.1. The number of carbonyl (C=O) groups is 4. The molecule has 0 spiro atoms. The molecule has 8 N–H and O–H groups in total. The first kappa shape index (κ1) is 96.6. The zero-order chi connectivity index (χ0) is 53.0. The average molecular weight is 1150 g/mol. The Bertz CT molecular complexity index is 1950. The molecule has 0 heterocycles. The van der Waals surface area contributed by atoms with Crippen LogP contribution in [0.3, 0.4) is 0 Å². The molecule has 18 nitrogen and oxygen atoms in total. The quantitative estimate of drug-likeness (QED) is 0.0271. The van der Waals surface area contributed by atoms with Crippen LogP contribution in [0.2, 0.25) is 0 Å². The van der Waals surface area contributed by atoms with E-state index >= 15 is 0 Å². The van der Waals surface area contributed by atoms with Gasteiger partial charge in [-0.3, -0.25) is 19.2 Å². The molecule has 4 rings (SSSR count). The van der Waals surface area contributed by atoms with Crippen LogP contribution in [0.1, 0.15) is 171 Å². The fourth-order valence-corrected chi connectivity index (χ4v) is 5.60. The fourth-order valence-electron chi connectivity index (χ4n) is 5.60. The molecule has 0 saturated carbocycles. The highest BCUT2D eigenvalue weighted by molar-refractivity contribution is 6.03. The number of hydrogen-bond donors (Lipinski definition) is 8. The minimum Gasteiger partial charge on any atom is -0.491 e. The Morgan fingerprint density at radius 3 is 0.613 bits per heavy atom. The van der Waals surface area contributed by atoms with Gasteiger partial charge in [0.1, 0.15) is 71.8 Å². The van der Waals surface area contributed by atoms with Crippen LogP contribution < -0.4 is 18.9 Å². The van der Waals surface area contributed by atoms with E-state index in [1.54, 1.807) is 125 Å². The number of aliphatic hydroxyl groups excluding tert-OH is 6. The van der Waals surface area contributed by atoms with Crippen molar-refractivity contribution in [3.63, 3.8) is 0 Å². The van der Waals surface area contributed by atoms with Crippen molar-refractivity contribution in [3.8, 4) is 23.0 Å². The molecule has 0 aliphatic rings. The van der Waals surface area contributed by atoms with Crippen molar-refractivity contribution in [2.24, 2.45) is 0 Å². The van der Waals surface area contributed by atoms with E-state index in [9.17, 15) is 29.4 Å². The van der Waals surface area contributed by atoms with Gasteiger partial charge in [-0.15, -0.1) is 0 Å². The molecule has 80 heavy (non-hydrogen) atoms. The lowest BCUT2D eigenvalue weighted by atomic mass is 9.96. The molecule has 0 fully saturated rings. The number of benzene rings is 4. The molecular formula is C62H112O18. The molecule has 0 amide bonds. The Labute approximate surface area is 483 Å². The summed E-state index contributed by atoms with van der Waals surface area (Å²) in [7, 11) is 0. The lowest BCUT2D eigenvalue weighted by Crippen LogP contribution is -2.36. The van der Waals surface area contributed by atoms with E-state index in [-0.39, 0.29) is 177 Å². The van der Waals surface area contributed by atoms with E-state index in [4.69, 9.17) is 59.1 Å². The first-order valence-electron chi connectivity index (χ1n) is 22.4. The predicted octanol–water partition coefficient (Wildman–Crippen LogP) is 10.4. The van der Waals surface area contributed by atoms with Crippen LogP contribution in [0.4, 0.5) is 0 Å². The molecule has 0 aromatic heterocycles. The number of hydrogen-bond acceptors (Lipinski definition) is 18. The van der Waals surface area contributed by atoms with Gasteiger partial charge in [0.05, 0.1) is 52.9 Å². The van der Waals surface area contributed by atoms with Crippen molar-refractivity contribution in [2.45, 2.75) is 152 Å². The topological polar surface area (TPSA) is 286 Å². The van der Waals surface area contributed by atoms with Gasteiger partial charge >= 0.3 is 0 Å². The van der Waals surface area contributed by atoms with E-state index in [1.807, 2.05) is 0 Å². The maximum absolute atomic E-state index is 12.2. The maximum atomic E-state index is 12.2. The Morgan fingerprint density at radius 1 is 0.300 bits per heavy atom. The molecule has 4 aromatic rings. The molecule has 0 saturated heterocycles. The van der Waals surface area contributed by atoms with Crippen LogP contribution in [0.25, 0.3) is 0 Å². The van der Waals surface area contributed by atoms with Crippen molar-refractivity contribution in [1.82, 2.24) is 0 Å². The van der Waals surface area contributed by atoms with Gasteiger partial charge in [-0.2, -0.15) is 0 Å². The monoisotopic (exact) mass is 1140 g/mol. The molecule has 0 aliphatic carbocycles. The molecule has 0 radical (unpaired) electrons. The molecular weight excluding hydrogens is 1030 g/mol. The van der Waals surface area contributed by atoms with Crippen LogP contribution in [0.15, 0.2) is 97.1 Å². The number of ether oxygens (including phenoxy) is 6. The third-order valence-electron chi connectivity index (χ3n) is 9.22. The summed E-state index contributed by atoms with van der Waals surface area (Å²) in [5.74, 6) is 1.38. The highest BCUT2D eigenvalue weighted by atomic mass is 16.5. The molecule has 0 aliphatic heterocycles. The molecule has 0 unspecified atom stereocenters. The number of Topliss-reactive ketones (excluding diaryl/α,β-unsaturated/α-hetero) is 4. The number of rotatable bonds is 26. The third kappa shape index (κ3) is 36.6. The lowest BCUT2D eigenvalue weighted by Gasteiger charge is -2.23. The second kappa shape index (κ2) is 49.2. The number of ketones is 4. The Balaban J connectivity index is -0.0000000983. The Morgan fingerprint density at radius 2 is 0.463 bits per heavy atom. The van der Waals surface area contributed by atoms with Crippen LogP contribution in [-0.2, 0) is 9.47 Å². The van der Waals surface area contributed by atoms with E-state index in [0.29, 0.717) is 45.3 Å². The smallest absolute Gasteiger partial charge is 0.194 e. The largest absolute Gasteiger partial charge is 0.491 e. The number of carbonyl (C=O) groups excluding carboxylic acids is 4. The highest BCUT2D eigenvalue weighted by Gasteiger charge is 2.31. The normalized spacial score (nSPS) is 9.90. The van der Waals surface area contributed by atoms with Crippen LogP contribution in [-0.4, -0.2) is 166 Å². The van der Waals surface area contributed by atoms with Crippen molar-refractivity contribution in [3.05, 3.63) is 119 Å².